The van der Waals surface area contributed by atoms with Crippen LogP contribution in [0.5, 0.6) is 0 Å². The van der Waals surface area contributed by atoms with E-state index in [9.17, 15) is 9.90 Å². The lowest BCUT2D eigenvalue weighted by atomic mass is 9.99. The van der Waals surface area contributed by atoms with E-state index in [0.717, 1.165) is 44.0 Å². The summed E-state index contributed by atoms with van der Waals surface area (Å²) in [7, 11) is 0. The minimum absolute atomic E-state index is 0.318. The molecule has 2 aromatic heterocycles. The van der Waals surface area contributed by atoms with Gasteiger partial charge >= 0.3 is 5.97 Å². The predicted octanol–water partition coefficient (Wildman–Crippen LogP) is 4.18. The second kappa shape index (κ2) is 4.31. The fourth-order valence-corrected chi connectivity index (χ4v) is 3.19. The van der Waals surface area contributed by atoms with Crippen LogP contribution in [0, 0.1) is 13.8 Å². The molecule has 0 amide bonds. The van der Waals surface area contributed by atoms with Crippen molar-refractivity contribution < 1.29 is 9.90 Å². The number of H-pyrrole nitrogens is 1. The third-order valence-corrected chi connectivity index (χ3v) is 4.10. The molecular weight excluding hydrogens is 276 g/mol. The molecule has 4 aromatic rings. The number of hydrogen-bond acceptors (Lipinski definition) is 2. The number of fused-ring (bicyclic) bond motifs is 5. The van der Waals surface area contributed by atoms with E-state index in [1.807, 2.05) is 44.2 Å². The zero-order valence-corrected chi connectivity index (χ0v) is 12.3. The quantitative estimate of drug-likeness (QED) is 0.552. The van der Waals surface area contributed by atoms with Gasteiger partial charge in [-0.2, -0.15) is 0 Å². The summed E-state index contributed by atoms with van der Waals surface area (Å²) in [6, 6.07) is 11.5. The number of aromatic nitrogens is 2. The zero-order chi connectivity index (χ0) is 15.4. The number of para-hydroxylation sites is 1. The van der Waals surface area contributed by atoms with Crippen molar-refractivity contribution in [2.24, 2.45) is 0 Å². The number of aryl methyl sites for hydroxylation is 2. The highest BCUT2D eigenvalue weighted by Gasteiger charge is 2.18. The minimum atomic E-state index is -0.917. The first kappa shape index (κ1) is 12.8. The van der Waals surface area contributed by atoms with E-state index < -0.39 is 5.97 Å². The molecule has 4 nitrogen and oxygen atoms in total. The Labute approximate surface area is 126 Å². The fraction of sp³-hybridized carbons (Fsp3) is 0.111. The summed E-state index contributed by atoms with van der Waals surface area (Å²) in [4.78, 5) is 19.7. The van der Waals surface area contributed by atoms with Crippen molar-refractivity contribution in [2.45, 2.75) is 13.8 Å². The van der Waals surface area contributed by atoms with Gasteiger partial charge in [-0.25, -0.2) is 9.78 Å². The van der Waals surface area contributed by atoms with Gasteiger partial charge in [-0.05, 0) is 37.6 Å². The molecule has 0 aliphatic carbocycles. The lowest BCUT2D eigenvalue weighted by Gasteiger charge is -2.10. The maximum absolute atomic E-state index is 11.7. The number of nitrogens with zero attached hydrogens (tertiary/aromatic N) is 1. The molecule has 22 heavy (non-hydrogen) atoms. The SMILES string of the molecule is Cc1cc(C(=O)O)c2c([nH]1)c(C)cc1nc3ccccc3c12. The van der Waals surface area contributed by atoms with Gasteiger partial charge in [0.1, 0.15) is 0 Å². The molecule has 0 fully saturated rings. The van der Waals surface area contributed by atoms with Crippen molar-refractivity contribution in [2.75, 3.05) is 0 Å². The van der Waals surface area contributed by atoms with Crippen LogP contribution < -0.4 is 0 Å². The van der Waals surface area contributed by atoms with E-state index in [4.69, 9.17) is 0 Å². The van der Waals surface area contributed by atoms with Crippen molar-refractivity contribution >= 4 is 38.7 Å². The van der Waals surface area contributed by atoms with Crippen LogP contribution in [-0.2, 0) is 0 Å². The maximum atomic E-state index is 11.7. The third kappa shape index (κ3) is 1.64. The largest absolute Gasteiger partial charge is 0.478 e. The number of nitrogens with one attached hydrogen (secondary N) is 1. The maximum Gasteiger partial charge on any atom is 0.336 e. The second-order valence-electron chi connectivity index (χ2n) is 5.64. The van der Waals surface area contributed by atoms with E-state index in [1.165, 1.54) is 0 Å². The number of carboxylic acids is 1. The van der Waals surface area contributed by atoms with Gasteiger partial charge in [0.05, 0.1) is 22.1 Å². The third-order valence-electron chi connectivity index (χ3n) is 4.10. The van der Waals surface area contributed by atoms with Crippen LogP contribution >= 0.6 is 0 Å². The molecule has 0 bridgehead atoms. The molecule has 0 saturated heterocycles. The van der Waals surface area contributed by atoms with Crippen LogP contribution in [0.2, 0.25) is 0 Å². The molecule has 0 unspecified atom stereocenters. The lowest BCUT2D eigenvalue weighted by molar-refractivity contribution is 0.0699. The average molecular weight is 290 g/mol. The van der Waals surface area contributed by atoms with Crippen molar-refractivity contribution in [3.63, 3.8) is 0 Å². The molecule has 0 atom stereocenters. The Balaban J connectivity index is 2.38. The molecule has 0 aliphatic rings. The lowest BCUT2D eigenvalue weighted by Crippen LogP contribution is -2.01. The van der Waals surface area contributed by atoms with E-state index >= 15 is 0 Å². The van der Waals surface area contributed by atoms with Crippen LogP contribution in [0.25, 0.3) is 32.7 Å². The summed E-state index contributed by atoms with van der Waals surface area (Å²) in [6.07, 6.45) is 0. The number of aromatic carboxylic acids is 1. The molecule has 108 valence electrons. The highest BCUT2D eigenvalue weighted by Crippen LogP contribution is 2.35. The predicted molar refractivity (Wildman–Crippen MR) is 87.5 cm³/mol. The van der Waals surface area contributed by atoms with Gasteiger partial charge in [0, 0.05) is 21.9 Å². The average Bonchev–Trinajstić information content (AvgIpc) is 2.84. The number of carbonyl (C=O) groups is 1. The Kier molecular flexibility index (Phi) is 2.51. The van der Waals surface area contributed by atoms with E-state index in [0.29, 0.717) is 5.56 Å². The Hall–Kier alpha value is -2.88. The Morgan fingerprint density at radius 2 is 1.86 bits per heavy atom. The van der Waals surface area contributed by atoms with Gasteiger partial charge in [-0.1, -0.05) is 18.2 Å². The van der Waals surface area contributed by atoms with E-state index in [-0.39, 0.29) is 0 Å². The molecular formula is C18H14N2O2. The number of pyridine rings is 1. The molecule has 2 N–H and O–H groups in total. The van der Waals surface area contributed by atoms with Gasteiger partial charge in [-0.3, -0.25) is 0 Å². The van der Waals surface area contributed by atoms with Gasteiger partial charge in [0.25, 0.3) is 0 Å². The molecule has 2 aromatic carbocycles. The molecule has 0 aliphatic heterocycles. The van der Waals surface area contributed by atoms with E-state index in [1.54, 1.807) is 6.07 Å². The number of carboxylic acid groups (broad SMARTS) is 1. The van der Waals surface area contributed by atoms with Gasteiger partial charge in [-0.15, -0.1) is 0 Å². The van der Waals surface area contributed by atoms with Crippen LogP contribution in [0.15, 0.2) is 36.4 Å². The van der Waals surface area contributed by atoms with E-state index in [2.05, 4.69) is 9.97 Å². The molecule has 0 spiro atoms. The number of benzene rings is 2. The zero-order valence-electron chi connectivity index (χ0n) is 12.3. The van der Waals surface area contributed by atoms with Crippen LogP contribution in [0.1, 0.15) is 21.6 Å². The number of hydrogen-bond donors (Lipinski definition) is 2. The van der Waals surface area contributed by atoms with Crippen molar-refractivity contribution in [1.29, 1.82) is 0 Å². The smallest absolute Gasteiger partial charge is 0.336 e. The van der Waals surface area contributed by atoms with Gasteiger partial charge < -0.3 is 10.1 Å². The first-order valence-corrected chi connectivity index (χ1v) is 7.11. The standard InChI is InChI=1S/C18H14N2O2/c1-9-7-14-15(11-5-3-4-6-13(11)20-14)16-12(18(21)22)8-10(2)19-17(9)16/h3-8,19H,1-2H3,(H,21,22). The normalized spacial score (nSPS) is 11.5. The Morgan fingerprint density at radius 3 is 2.64 bits per heavy atom. The van der Waals surface area contributed by atoms with Crippen LogP contribution in [0.4, 0.5) is 0 Å². The highest BCUT2D eigenvalue weighted by molar-refractivity contribution is 6.24. The number of rotatable bonds is 1. The summed E-state index contributed by atoms with van der Waals surface area (Å²) >= 11 is 0. The number of aromatic amines is 1. The van der Waals surface area contributed by atoms with Crippen LogP contribution in [-0.4, -0.2) is 21.0 Å². The Morgan fingerprint density at radius 1 is 1.09 bits per heavy atom. The van der Waals surface area contributed by atoms with Gasteiger partial charge in [0.15, 0.2) is 0 Å². The molecule has 4 heteroatoms. The summed E-state index contributed by atoms with van der Waals surface area (Å²) in [6.45, 7) is 3.85. The fourth-order valence-electron chi connectivity index (χ4n) is 3.19. The van der Waals surface area contributed by atoms with Crippen molar-refractivity contribution in [3.05, 3.63) is 53.2 Å². The van der Waals surface area contributed by atoms with Crippen molar-refractivity contribution in [1.82, 2.24) is 9.97 Å². The Bertz CT molecular complexity index is 1080. The topological polar surface area (TPSA) is 66.0 Å². The molecule has 2 heterocycles. The van der Waals surface area contributed by atoms with Crippen LogP contribution in [0.3, 0.4) is 0 Å². The first-order valence-electron chi connectivity index (χ1n) is 7.11. The monoisotopic (exact) mass is 290 g/mol. The summed E-state index contributed by atoms with van der Waals surface area (Å²) < 4.78 is 0. The molecule has 0 saturated carbocycles. The van der Waals surface area contributed by atoms with Gasteiger partial charge in [0.2, 0.25) is 0 Å². The summed E-state index contributed by atoms with van der Waals surface area (Å²) in [5.74, 6) is -0.917. The molecule has 0 radical (unpaired) electrons. The minimum Gasteiger partial charge on any atom is -0.478 e. The first-order chi connectivity index (χ1) is 10.6. The highest BCUT2D eigenvalue weighted by atomic mass is 16.4. The summed E-state index contributed by atoms with van der Waals surface area (Å²) in [5, 5.41) is 12.3. The van der Waals surface area contributed by atoms with Crippen molar-refractivity contribution in [3.8, 4) is 0 Å². The summed E-state index contributed by atoms with van der Waals surface area (Å²) in [5.41, 5.74) is 4.74. The second-order valence-corrected chi connectivity index (χ2v) is 5.64. The molecule has 4 rings (SSSR count).